The molecule has 10 nitrogen and oxygen atoms in total. The number of carbonyl (C=O) groups is 1. The molecule has 0 fully saturated rings. The summed E-state index contributed by atoms with van der Waals surface area (Å²) in [5.41, 5.74) is 1.34. The molecule has 0 aliphatic rings. The van der Waals surface area contributed by atoms with Crippen molar-refractivity contribution in [3.8, 4) is 5.75 Å². The van der Waals surface area contributed by atoms with Crippen molar-refractivity contribution in [1.29, 1.82) is 0 Å². The average molecular weight is 365 g/mol. The van der Waals surface area contributed by atoms with Crippen molar-refractivity contribution in [2.75, 3.05) is 0 Å². The van der Waals surface area contributed by atoms with Crippen LogP contribution in [0.3, 0.4) is 0 Å². The molecule has 11 heteroatoms. The Balaban J connectivity index is 2.16. The number of nitro benzene ring substituents is 2. The van der Waals surface area contributed by atoms with Crippen molar-refractivity contribution in [2.24, 2.45) is 5.10 Å². The third-order valence-corrected chi connectivity index (χ3v) is 3.32. The normalized spacial score (nSPS) is 10.6. The van der Waals surface area contributed by atoms with Gasteiger partial charge in [0.1, 0.15) is 10.8 Å². The predicted molar refractivity (Wildman–Crippen MR) is 87.9 cm³/mol. The molecule has 0 saturated heterocycles. The summed E-state index contributed by atoms with van der Waals surface area (Å²) in [6, 6.07) is 6.74. The van der Waals surface area contributed by atoms with E-state index in [9.17, 15) is 30.1 Å². The number of rotatable bonds is 5. The number of hydrogen-bond donors (Lipinski definition) is 2. The number of phenolic OH excluding ortho intramolecular Hbond substituents is 1. The van der Waals surface area contributed by atoms with Gasteiger partial charge in [0, 0.05) is 29.3 Å². The highest BCUT2D eigenvalue weighted by atomic mass is 35.5. The van der Waals surface area contributed by atoms with E-state index >= 15 is 0 Å². The molecule has 128 valence electrons. The molecule has 0 aromatic heterocycles. The van der Waals surface area contributed by atoms with Gasteiger partial charge >= 0.3 is 0 Å². The van der Waals surface area contributed by atoms with Gasteiger partial charge in [0.05, 0.1) is 16.1 Å². The lowest BCUT2D eigenvalue weighted by molar-refractivity contribution is -0.385. The lowest BCUT2D eigenvalue weighted by Crippen LogP contribution is -2.17. The number of benzene rings is 2. The first kappa shape index (κ1) is 17.8. The standard InChI is InChI=1S/C14H9ClN4O6/c15-11-3-1-8(6-12(11)19(24)25)14(21)17-16-7-9-5-10(18(22)23)2-4-13(9)20/h1-7,20H,(H,17,21)/b16-7+. The van der Waals surface area contributed by atoms with Gasteiger partial charge in [-0.2, -0.15) is 5.10 Å². The summed E-state index contributed by atoms with van der Waals surface area (Å²) in [4.78, 5) is 32.0. The number of phenols is 1. The van der Waals surface area contributed by atoms with Crippen LogP contribution in [0.1, 0.15) is 15.9 Å². The second-order valence-corrected chi connectivity index (χ2v) is 5.03. The summed E-state index contributed by atoms with van der Waals surface area (Å²) in [5, 5.41) is 34.5. The molecule has 25 heavy (non-hydrogen) atoms. The number of nitrogens with one attached hydrogen (secondary N) is 1. The van der Waals surface area contributed by atoms with Crippen molar-refractivity contribution in [1.82, 2.24) is 5.43 Å². The Bertz CT molecular complexity index is 899. The van der Waals surface area contributed by atoms with Crippen LogP contribution in [0, 0.1) is 20.2 Å². The van der Waals surface area contributed by atoms with Gasteiger partial charge in [0.15, 0.2) is 0 Å². The summed E-state index contributed by atoms with van der Waals surface area (Å²) < 4.78 is 0. The van der Waals surface area contributed by atoms with Crippen molar-refractivity contribution in [3.05, 3.63) is 72.8 Å². The van der Waals surface area contributed by atoms with Crippen LogP contribution in [-0.4, -0.2) is 27.1 Å². The number of halogens is 1. The molecule has 2 aromatic rings. The van der Waals surface area contributed by atoms with E-state index in [0.717, 1.165) is 30.5 Å². The Kier molecular flexibility index (Phi) is 5.25. The van der Waals surface area contributed by atoms with Gasteiger partial charge in [-0.1, -0.05) is 11.6 Å². The van der Waals surface area contributed by atoms with E-state index < -0.39 is 21.4 Å². The second kappa shape index (κ2) is 7.36. The van der Waals surface area contributed by atoms with Gasteiger partial charge in [0.25, 0.3) is 17.3 Å². The summed E-state index contributed by atoms with van der Waals surface area (Å²) >= 11 is 5.65. The van der Waals surface area contributed by atoms with Crippen LogP contribution in [0.5, 0.6) is 5.75 Å². The van der Waals surface area contributed by atoms with Crippen LogP contribution in [0.15, 0.2) is 41.5 Å². The van der Waals surface area contributed by atoms with E-state index in [2.05, 4.69) is 10.5 Å². The number of non-ortho nitro benzene ring substituents is 1. The molecule has 0 saturated carbocycles. The van der Waals surface area contributed by atoms with E-state index in [-0.39, 0.29) is 27.6 Å². The van der Waals surface area contributed by atoms with Gasteiger partial charge in [-0.3, -0.25) is 25.0 Å². The summed E-state index contributed by atoms with van der Waals surface area (Å²) in [6.45, 7) is 0. The molecule has 0 bridgehead atoms. The lowest BCUT2D eigenvalue weighted by atomic mass is 10.2. The van der Waals surface area contributed by atoms with Crippen LogP contribution in [0.4, 0.5) is 11.4 Å². The third kappa shape index (κ3) is 4.26. The fourth-order valence-corrected chi connectivity index (χ4v) is 1.96. The molecular formula is C14H9ClN4O6. The smallest absolute Gasteiger partial charge is 0.288 e. The Morgan fingerprint density at radius 3 is 2.52 bits per heavy atom. The zero-order chi connectivity index (χ0) is 18.6. The first-order valence-corrected chi connectivity index (χ1v) is 6.92. The molecule has 0 aliphatic carbocycles. The number of nitro groups is 2. The molecule has 0 heterocycles. The van der Waals surface area contributed by atoms with Crippen molar-refractivity contribution in [3.63, 3.8) is 0 Å². The molecule has 2 aromatic carbocycles. The van der Waals surface area contributed by atoms with Crippen LogP contribution < -0.4 is 5.43 Å². The van der Waals surface area contributed by atoms with E-state index in [0.29, 0.717) is 0 Å². The first-order chi connectivity index (χ1) is 11.8. The Morgan fingerprint density at radius 1 is 1.16 bits per heavy atom. The van der Waals surface area contributed by atoms with E-state index in [1.54, 1.807) is 0 Å². The summed E-state index contributed by atoms with van der Waals surface area (Å²) in [7, 11) is 0. The molecule has 0 unspecified atom stereocenters. The predicted octanol–water partition coefficient (Wildman–Crippen LogP) is 2.63. The summed E-state index contributed by atoms with van der Waals surface area (Å²) in [5.74, 6) is -1.04. The minimum Gasteiger partial charge on any atom is -0.507 e. The molecule has 0 atom stereocenters. The number of hydrazone groups is 1. The lowest BCUT2D eigenvalue weighted by Gasteiger charge is -2.02. The van der Waals surface area contributed by atoms with Crippen LogP contribution >= 0.6 is 11.6 Å². The van der Waals surface area contributed by atoms with Crippen LogP contribution in [0.2, 0.25) is 5.02 Å². The first-order valence-electron chi connectivity index (χ1n) is 6.54. The SMILES string of the molecule is O=C(N/N=C/c1cc([N+](=O)[O-])ccc1O)c1ccc(Cl)c([N+](=O)[O-])c1. The highest BCUT2D eigenvalue weighted by Crippen LogP contribution is 2.25. The van der Waals surface area contributed by atoms with Gasteiger partial charge in [-0.25, -0.2) is 5.43 Å². The topological polar surface area (TPSA) is 148 Å². The molecule has 2 rings (SSSR count). The third-order valence-electron chi connectivity index (χ3n) is 3.00. The van der Waals surface area contributed by atoms with E-state index in [1.807, 2.05) is 0 Å². The number of carbonyl (C=O) groups excluding carboxylic acids is 1. The molecule has 1 amide bonds. The maximum atomic E-state index is 11.9. The minimum atomic E-state index is -0.763. The average Bonchev–Trinajstić information content (AvgIpc) is 2.56. The highest BCUT2D eigenvalue weighted by molar-refractivity contribution is 6.32. The van der Waals surface area contributed by atoms with Crippen molar-refractivity contribution < 1.29 is 19.7 Å². The number of aromatic hydroxyl groups is 1. The van der Waals surface area contributed by atoms with Gasteiger partial charge in [-0.05, 0) is 18.2 Å². The maximum Gasteiger partial charge on any atom is 0.288 e. The van der Waals surface area contributed by atoms with Gasteiger partial charge in [0.2, 0.25) is 0 Å². The van der Waals surface area contributed by atoms with Crippen LogP contribution in [0.25, 0.3) is 0 Å². The monoisotopic (exact) mass is 364 g/mol. The summed E-state index contributed by atoms with van der Waals surface area (Å²) in [6.07, 6.45) is 1.00. The van der Waals surface area contributed by atoms with Crippen molar-refractivity contribution >= 4 is 35.1 Å². The zero-order valence-electron chi connectivity index (χ0n) is 12.2. The quantitative estimate of drug-likeness (QED) is 0.473. The van der Waals surface area contributed by atoms with Crippen LogP contribution in [-0.2, 0) is 0 Å². The second-order valence-electron chi connectivity index (χ2n) is 4.62. The minimum absolute atomic E-state index is 0.0107. The number of nitrogens with zero attached hydrogens (tertiary/aromatic N) is 3. The molecule has 0 aliphatic heterocycles. The maximum absolute atomic E-state index is 11.9. The molecule has 2 N–H and O–H groups in total. The van der Waals surface area contributed by atoms with E-state index in [1.165, 1.54) is 12.1 Å². The molecule has 0 spiro atoms. The Morgan fingerprint density at radius 2 is 1.88 bits per heavy atom. The van der Waals surface area contributed by atoms with Gasteiger partial charge < -0.3 is 5.11 Å². The number of amides is 1. The van der Waals surface area contributed by atoms with Crippen molar-refractivity contribution in [2.45, 2.75) is 0 Å². The Labute approximate surface area is 144 Å². The molecule has 0 radical (unpaired) electrons. The fourth-order valence-electron chi connectivity index (χ4n) is 1.78. The van der Waals surface area contributed by atoms with Gasteiger partial charge in [-0.15, -0.1) is 0 Å². The Hall–Kier alpha value is -3.53. The zero-order valence-corrected chi connectivity index (χ0v) is 13.0. The largest absolute Gasteiger partial charge is 0.507 e. The molecular weight excluding hydrogens is 356 g/mol. The highest BCUT2D eigenvalue weighted by Gasteiger charge is 2.16. The fraction of sp³-hybridized carbons (Fsp3) is 0. The number of hydrogen-bond acceptors (Lipinski definition) is 7. The van der Waals surface area contributed by atoms with E-state index in [4.69, 9.17) is 11.6 Å².